The monoisotopic (exact) mass is 328 g/mol. The number of hydrogen-bond donors (Lipinski definition) is 1. The molecule has 3 rings (SSSR count). The van der Waals surface area contributed by atoms with E-state index in [9.17, 15) is 14.7 Å². The first-order chi connectivity index (χ1) is 11.5. The van der Waals surface area contributed by atoms with Crippen molar-refractivity contribution in [3.63, 3.8) is 0 Å². The molecule has 0 saturated heterocycles. The molecule has 0 aliphatic heterocycles. The first-order valence-corrected chi connectivity index (χ1v) is 8.03. The lowest BCUT2D eigenvalue weighted by atomic mass is 9.80. The van der Waals surface area contributed by atoms with Gasteiger partial charge in [0.15, 0.2) is 5.82 Å². The summed E-state index contributed by atoms with van der Waals surface area (Å²) in [5.74, 6) is -0.804. The Kier molecular flexibility index (Phi) is 4.33. The van der Waals surface area contributed by atoms with Crippen molar-refractivity contribution in [2.24, 2.45) is 0 Å². The van der Waals surface area contributed by atoms with Crippen LogP contribution in [0.3, 0.4) is 0 Å². The van der Waals surface area contributed by atoms with Gasteiger partial charge in [-0.05, 0) is 31.0 Å². The molecule has 1 aliphatic carbocycles. The van der Waals surface area contributed by atoms with E-state index in [4.69, 9.17) is 0 Å². The van der Waals surface area contributed by atoms with E-state index in [0.29, 0.717) is 18.7 Å². The molecular formula is C17H20N4O3. The van der Waals surface area contributed by atoms with Gasteiger partial charge in [0.2, 0.25) is 0 Å². The van der Waals surface area contributed by atoms with Gasteiger partial charge in [0.1, 0.15) is 11.2 Å². The Morgan fingerprint density at radius 1 is 1.21 bits per heavy atom. The third-order valence-electron chi connectivity index (χ3n) is 4.72. The number of nitrogens with zero attached hydrogens (tertiary/aromatic N) is 4. The van der Waals surface area contributed by atoms with Crippen molar-refractivity contribution >= 4 is 11.9 Å². The summed E-state index contributed by atoms with van der Waals surface area (Å²) < 4.78 is 1.56. The van der Waals surface area contributed by atoms with Crippen molar-refractivity contribution in [2.45, 2.75) is 37.6 Å². The molecule has 2 aromatic heterocycles. The third kappa shape index (κ3) is 2.77. The zero-order valence-electron chi connectivity index (χ0n) is 13.6. The molecular weight excluding hydrogens is 308 g/mol. The van der Waals surface area contributed by atoms with Crippen molar-refractivity contribution in [2.75, 3.05) is 7.05 Å². The van der Waals surface area contributed by atoms with Crippen LogP contribution in [0.2, 0.25) is 0 Å². The predicted molar refractivity (Wildman–Crippen MR) is 86.9 cm³/mol. The van der Waals surface area contributed by atoms with E-state index in [1.54, 1.807) is 48.4 Å². The number of carbonyl (C=O) groups excluding carboxylic acids is 1. The summed E-state index contributed by atoms with van der Waals surface area (Å²) >= 11 is 0. The van der Waals surface area contributed by atoms with E-state index in [1.165, 1.54) is 4.90 Å². The van der Waals surface area contributed by atoms with Crippen LogP contribution in [-0.2, 0) is 4.79 Å². The summed E-state index contributed by atoms with van der Waals surface area (Å²) in [6, 6.07) is 6.84. The van der Waals surface area contributed by atoms with Crippen molar-refractivity contribution in [1.82, 2.24) is 19.7 Å². The van der Waals surface area contributed by atoms with Crippen LogP contribution in [0.15, 0.2) is 36.7 Å². The van der Waals surface area contributed by atoms with Gasteiger partial charge in [-0.3, -0.25) is 4.79 Å². The van der Waals surface area contributed by atoms with Gasteiger partial charge in [-0.25, -0.2) is 14.5 Å². The average molecular weight is 328 g/mol. The van der Waals surface area contributed by atoms with Crippen LogP contribution in [0.25, 0.3) is 5.82 Å². The van der Waals surface area contributed by atoms with Gasteiger partial charge in [0.25, 0.3) is 5.91 Å². The van der Waals surface area contributed by atoms with Crippen LogP contribution in [0.1, 0.15) is 42.6 Å². The molecule has 126 valence electrons. The minimum atomic E-state index is -1.14. The fourth-order valence-electron chi connectivity index (χ4n) is 3.27. The fraction of sp³-hybridized carbons (Fsp3) is 0.412. The number of hydrogen-bond acceptors (Lipinski definition) is 4. The maximum atomic E-state index is 12.8. The fourth-order valence-corrected chi connectivity index (χ4v) is 3.27. The number of amides is 1. The van der Waals surface area contributed by atoms with Crippen molar-refractivity contribution in [3.05, 3.63) is 42.4 Å². The molecule has 2 aromatic rings. The Labute approximate surface area is 139 Å². The summed E-state index contributed by atoms with van der Waals surface area (Å²) in [6.07, 6.45) is 6.94. The second kappa shape index (κ2) is 6.43. The van der Waals surface area contributed by atoms with Gasteiger partial charge in [-0.15, -0.1) is 0 Å². The smallest absolute Gasteiger partial charge is 0.329 e. The summed E-state index contributed by atoms with van der Waals surface area (Å²) in [6.45, 7) is 0. The molecule has 0 aromatic carbocycles. The molecule has 1 fully saturated rings. The first kappa shape index (κ1) is 16.2. The molecule has 0 bridgehead atoms. The zero-order chi connectivity index (χ0) is 17.2. The largest absolute Gasteiger partial charge is 0.479 e. The van der Waals surface area contributed by atoms with E-state index in [0.717, 1.165) is 19.3 Å². The first-order valence-electron chi connectivity index (χ1n) is 8.03. The van der Waals surface area contributed by atoms with Crippen LogP contribution in [0, 0.1) is 0 Å². The predicted octanol–water partition coefficient (Wildman–Crippen LogP) is 2.13. The zero-order valence-corrected chi connectivity index (χ0v) is 13.6. The Morgan fingerprint density at radius 3 is 2.58 bits per heavy atom. The minimum Gasteiger partial charge on any atom is -0.479 e. The van der Waals surface area contributed by atoms with Crippen molar-refractivity contribution in [1.29, 1.82) is 0 Å². The highest BCUT2D eigenvalue weighted by molar-refractivity contribution is 5.96. The summed E-state index contributed by atoms with van der Waals surface area (Å²) in [4.78, 5) is 30.4. The normalized spacial score (nSPS) is 16.5. The molecule has 7 heteroatoms. The molecule has 1 N–H and O–H groups in total. The van der Waals surface area contributed by atoms with Gasteiger partial charge in [0, 0.05) is 19.4 Å². The lowest BCUT2D eigenvalue weighted by molar-refractivity contribution is -0.151. The number of carbonyl (C=O) groups is 2. The second-order valence-corrected chi connectivity index (χ2v) is 6.09. The van der Waals surface area contributed by atoms with Crippen LogP contribution in [-0.4, -0.2) is 49.2 Å². The third-order valence-corrected chi connectivity index (χ3v) is 4.72. The van der Waals surface area contributed by atoms with Crippen LogP contribution in [0.5, 0.6) is 0 Å². The number of carboxylic acids is 1. The number of rotatable bonds is 4. The van der Waals surface area contributed by atoms with Gasteiger partial charge < -0.3 is 10.0 Å². The minimum absolute atomic E-state index is 0.219. The lowest BCUT2D eigenvalue weighted by Crippen LogP contribution is -2.56. The molecule has 1 saturated carbocycles. The molecule has 0 radical (unpaired) electrons. The van der Waals surface area contributed by atoms with Crippen molar-refractivity contribution < 1.29 is 14.7 Å². The highest BCUT2D eigenvalue weighted by Gasteiger charge is 2.45. The lowest BCUT2D eigenvalue weighted by Gasteiger charge is -2.40. The van der Waals surface area contributed by atoms with E-state index >= 15 is 0 Å². The highest BCUT2D eigenvalue weighted by Crippen LogP contribution is 2.34. The number of pyridine rings is 1. The number of likely N-dealkylation sites (N-methyl/N-ethyl adjacent to an activating group) is 1. The Bertz CT molecular complexity index is 736. The van der Waals surface area contributed by atoms with E-state index < -0.39 is 11.5 Å². The van der Waals surface area contributed by atoms with E-state index in [1.807, 2.05) is 0 Å². The second-order valence-electron chi connectivity index (χ2n) is 6.09. The van der Waals surface area contributed by atoms with Crippen LogP contribution in [0.4, 0.5) is 0 Å². The van der Waals surface area contributed by atoms with Gasteiger partial charge >= 0.3 is 5.97 Å². The Morgan fingerprint density at radius 2 is 1.96 bits per heavy atom. The molecule has 1 amide bonds. The van der Waals surface area contributed by atoms with Gasteiger partial charge in [0.05, 0.1) is 0 Å². The number of aromatic nitrogens is 3. The molecule has 0 atom stereocenters. The summed E-state index contributed by atoms with van der Waals surface area (Å²) in [5, 5.41) is 13.8. The average Bonchev–Trinajstić information content (AvgIpc) is 3.15. The van der Waals surface area contributed by atoms with Gasteiger partial charge in [-0.1, -0.05) is 25.3 Å². The van der Waals surface area contributed by atoms with Crippen LogP contribution >= 0.6 is 0 Å². The standard InChI is InChI=1S/C17H20N4O3/c1-20(17(16(23)24)9-3-2-4-10-17)15(22)13-7-5-8-14(19-13)21-12-6-11-18-21/h5-8,11-12H,2-4,9-10H2,1H3,(H,23,24). The summed E-state index contributed by atoms with van der Waals surface area (Å²) in [7, 11) is 1.56. The van der Waals surface area contributed by atoms with Crippen LogP contribution < -0.4 is 0 Å². The van der Waals surface area contributed by atoms with Gasteiger partial charge in [-0.2, -0.15) is 5.10 Å². The SMILES string of the molecule is CN(C(=O)c1cccc(-n2cccn2)n1)C1(C(=O)O)CCCCC1. The quantitative estimate of drug-likeness (QED) is 0.929. The molecule has 2 heterocycles. The Hall–Kier alpha value is -2.70. The topological polar surface area (TPSA) is 88.3 Å². The molecule has 0 spiro atoms. The van der Waals surface area contributed by atoms with E-state index in [-0.39, 0.29) is 11.6 Å². The summed E-state index contributed by atoms with van der Waals surface area (Å²) in [5.41, 5.74) is -0.921. The van der Waals surface area contributed by atoms with Crippen molar-refractivity contribution in [3.8, 4) is 5.82 Å². The molecule has 24 heavy (non-hydrogen) atoms. The number of carboxylic acid groups (broad SMARTS) is 1. The molecule has 7 nitrogen and oxygen atoms in total. The Balaban J connectivity index is 1.90. The maximum Gasteiger partial charge on any atom is 0.329 e. The van der Waals surface area contributed by atoms with E-state index in [2.05, 4.69) is 10.1 Å². The maximum absolute atomic E-state index is 12.8. The molecule has 0 unspecified atom stereocenters. The number of aliphatic carboxylic acids is 1. The highest BCUT2D eigenvalue weighted by atomic mass is 16.4. The molecule has 1 aliphatic rings.